The van der Waals surface area contributed by atoms with Crippen molar-refractivity contribution >= 4 is 21.9 Å². The van der Waals surface area contributed by atoms with Gasteiger partial charge in [-0.05, 0) is 34.1 Å². The van der Waals surface area contributed by atoms with Crippen molar-refractivity contribution in [2.24, 2.45) is 0 Å². The zero-order chi connectivity index (χ0) is 12.6. The fraction of sp³-hybridized carbons (Fsp3) is 0. The monoisotopic (exact) mass is 298 g/mol. The number of hydrogen-bond donors (Lipinski definition) is 4. The van der Waals surface area contributed by atoms with Crippen LogP contribution in [0.2, 0.25) is 0 Å². The summed E-state index contributed by atoms with van der Waals surface area (Å²) in [5.41, 5.74) is 0.388. The molecule has 0 aliphatic rings. The molecule has 0 saturated carbocycles. The zero-order valence-electron chi connectivity index (χ0n) is 8.31. The number of nitrogens with one attached hydrogen (secondary N) is 1. The molecule has 1 heterocycles. The number of aromatic hydroxyl groups is 2. The number of H-pyrrole nitrogens is 1. The second kappa shape index (κ2) is 4.10. The molecule has 7 heteroatoms. The molecule has 0 fully saturated rings. The maximum absolute atomic E-state index is 10.7. The molecule has 0 radical (unpaired) electrons. The maximum atomic E-state index is 10.7. The molecule has 1 aromatic carbocycles. The van der Waals surface area contributed by atoms with Crippen LogP contribution < -0.4 is 0 Å². The first-order valence-corrected chi connectivity index (χ1v) is 5.29. The molecule has 0 amide bonds. The van der Waals surface area contributed by atoms with Crippen LogP contribution in [0, 0.1) is 0 Å². The minimum atomic E-state index is -1.15. The molecular formula is C10H7BrN2O4. The minimum Gasteiger partial charge on any atom is -0.504 e. The molecule has 1 aromatic heterocycles. The Hall–Kier alpha value is -2.02. The summed E-state index contributed by atoms with van der Waals surface area (Å²) in [5.74, 6) is -1.82. The second-order valence-corrected chi connectivity index (χ2v) is 4.12. The standard InChI is InChI=1S/C10H7BrN2O4/c11-5-2-1-4(8(14)9(5)15)6-3-7(10(16)17)13-12-6/h1-3,14-15H,(H,12,13)(H,16,17). The van der Waals surface area contributed by atoms with Crippen LogP contribution in [0.3, 0.4) is 0 Å². The van der Waals surface area contributed by atoms with Crippen LogP contribution in [0.1, 0.15) is 10.5 Å². The van der Waals surface area contributed by atoms with Gasteiger partial charge < -0.3 is 15.3 Å². The Labute approximate surface area is 104 Å². The van der Waals surface area contributed by atoms with Gasteiger partial charge in [-0.2, -0.15) is 5.10 Å². The van der Waals surface area contributed by atoms with Crippen molar-refractivity contribution in [2.45, 2.75) is 0 Å². The molecule has 88 valence electrons. The SMILES string of the molecule is O=C(O)c1cc(-c2ccc(Br)c(O)c2O)n[nH]1. The molecule has 2 rings (SSSR count). The van der Waals surface area contributed by atoms with E-state index in [-0.39, 0.29) is 28.5 Å². The lowest BCUT2D eigenvalue weighted by atomic mass is 10.1. The van der Waals surface area contributed by atoms with Gasteiger partial charge in [0, 0.05) is 5.56 Å². The molecule has 0 saturated heterocycles. The van der Waals surface area contributed by atoms with E-state index in [1.54, 1.807) is 0 Å². The summed E-state index contributed by atoms with van der Waals surface area (Å²) in [7, 11) is 0. The summed E-state index contributed by atoms with van der Waals surface area (Å²) < 4.78 is 0.341. The van der Waals surface area contributed by atoms with Gasteiger partial charge in [0.15, 0.2) is 11.5 Å². The van der Waals surface area contributed by atoms with Crippen LogP contribution in [0.25, 0.3) is 11.3 Å². The van der Waals surface area contributed by atoms with Crippen LogP contribution in [0.4, 0.5) is 0 Å². The third-order valence-corrected chi connectivity index (χ3v) is 2.83. The molecule has 0 aliphatic heterocycles. The Morgan fingerprint density at radius 3 is 2.59 bits per heavy atom. The first-order chi connectivity index (χ1) is 8.00. The number of aromatic nitrogens is 2. The number of hydrogen-bond acceptors (Lipinski definition) is 4. The van der Waals surface area contributed by atoms with E-state index >= 15 is 0 Å². The number of phenols is 2. The van der Waals surface area contributed by atoms with Crippen LogP contribution >= 0.6 is 15.9 Å². The highest BCUT2D eigenvalue weighted by Gasteiger charge is 2.15. The number of benzene rings is 1. The third-order valence-electron chi connectivity index (χ3n) is 2.19. The van der Waals surface area contributed by atoms with Crippen LogP contribution in [-0.4, -0.2) is 31.5 Å². The molecule has 0 bridgehead atoms. The average molecular weight is 299 g/mol. The Balaban J connectivity index is 2.53. The second-order valence-electron chi connectivity index (χ2n) is 3.26. The third kappa shape index (κ3) is 1.96. The normalized spacial score (nSPS) is 10.4. The van der Waals surface area contributed by atoms with Gasteiger partial charge in [0.05, 0.1) is 10.2 Å². The fourth-order valence-corrected chi connectivity index (χ4v) is 1.65. The molecule has 6 nitrogen and oxygen atoms in total. The molecule has 4 N–H and O–H groups in total. The Morgan fingerprint density at radius 1 is 1.29 bits per heavy atom. The van der Waals surface area contributed by atoms with Gasteiger partial charge in [0.1, 0.15) is 5.69 Å². The lowest BCUT2D eigenvalue weighted by Crippen LogP contribution is -1.95. The summed E-state index contributed by atoms with van der Waals surface area (Å²) in [6.45, 7) is 0. The van der Waals surface area contributed by atoms with E-state index in [0.29, 0.717) is 4.47 Å². The van der Waals surface area contributed by atoms with E-state index in [0.717, 1.165) is 0 Å². The number of phenolic OH excluding ortho intramolecular Hbond substituents is 2. The van der Waals surface area contributed by atoms with E-state index in [1.165, 1.54) is 18.2 Å². The van der Waals surface area contributed by atoms with Crippen molar-refractivity contribution in [3.05, 3.63) is 28.4 Å². The highest BCUT2D eigenvalue weighted by atomic mass is 79.9. The largest absolute Gasteiger partial charge is 0.504 e. The smallest absolute Gasteiger partial charge is 0.353 e. The van der Waals surface area contributed by atoms with Gasteiger partial charge in [-0.3, -0.25) is 5.10 Å². The summed E-state index contributed by atoms with van der Waals surface area (Å²) >= 11 is 3.05. The van der Waals surface area contributed by atoms with E-state index in [2.05, 4.69) is 26.1 Å². The number of carboxylic acids is 1. The van der Waals surface area contributed by atoms with Gasteiger partial charge in [0.25, 0.3) is 0 Å². The lowest BCUT2D eigenvalue weighted by molar-refractivity contribution is 0.0690. The number of rotatable bonds is 2. The van der Waals surface area contributed by atoms with Gasteiger partial charge >= 0.3 is 5.97 Å². The van der Waals surface area contributed by atoms with E-state index in [1.807, 2.05) is 0 Å². The van der Waals surface area contributed by atoms with Crippen molar-refractivity contribution in [3.63, 3.8) is 0 Å². The van der Waals surface area contributed by atoms with Crippen molar-refractivity contribution in [1.29, 1.82) is 0 Å². The number of carboxylic acid groups (broad SMARTS) is 1. The topological polar surface area (TPSA) is 106 Å². The summed E-state index contributed by atoms with van der Waals surface area (Å²) in [6.07, 6.45) is 0. The summed E-state index contributed by atoms with van der Waals surface area (Å²) in [6, 6.07) is 4.31. The molecule has 0 atom stereocenters. The van der Waals surface area contributed by atoms with Gasteiger partial charge in [-0.25, -0.2) is 4.79 Å². The molecule has 17 heavy (non-hydrogen) atoms. The van der Waals surface area contributed by atoms with E-state index < -0.39 is 5.97 Å². The van der Waals surface area contributed by atoms with E-state index in [4.69, 9.17) is 5.11 Å². The molecule has 2 aromatic rings. The first-order valence-electron chi connectivity index (χ1n) is 4.50. The maximum Gasteiger partial charge on any atom is 0.353 e. The van der Waals surface area contributed by atoms with Crippen LogP contribution in [0.15, 0.2) is 22.7 Å². The highest BCUT2D eigenvalue weighted by Crippen LogP contribution is 2.40. The van der Waals surface area contributed by atoms with Gasteiger partial charge in [0.2, 0.25) is 0 Å². The molecule has 0 unspecified atom stereocenters. The van der Waals surface area contributed by atoms with Crippen molar-refractivity contribution in [2.75, 3.05) is 0 Å². The first kappa shape index (κ1) is 11.5. The quantitative estimate of drug-likeness (QED) is 0.634. The number of halogens is 1. The predicted octanol–water partition coefficient (Wildman–Crippen LogP) is 1.95. The summed E-state index contributed by atoms with van der Waals surface area (Å²) in [4.78, 5) is 10.7. The van der Waals surface area contributed by atoms with Gasteiger partial charge in [-0.1, -0.05) is 0 Å². The average Bonchev–Trinajstić information content (AvgIpc) is 2.75. The van der Waals surface area contributed by atoms with Crippen LogP contribution in [-0.2, 0) is 0 Å². The summed E-state index contributed by atoms with van der Waals surface area (Å²) in [5, 5.41) is 34.0. The van der Waals surface area contributed by atoms with Crippen molar-refractivity contribution < 1.29 is 20.1 Å². The lowest BCUT2D eigenvalue weighted by Gasteiger charge is -2.04. The zero-order valence-corrected chi connectivity index (χ0v) is 9.89. The number of aromatic amines is 1. The predicted molar refractivity (Wildman–Crippen MR) is 62.0 cm³/mol. The van der Waals surface area contributed by atoms with Crippen molar-refractivity contribution in [3.8, 4) is 22.8 Å². The molecule has 0 aliphatic carbocycles. The fourth-order valence-electron chi connectivity index (χ4n) is 1.33. The van der Waals surface area contributed by atoms with Gasteiger partial charge in [-0.15, -0.1) is 0 Å². The molecule has 0 spiro atoms. The minimum absolute atomic E-state index is 0.0955. The molecular weight excluding hydrogens is 292 g/mol. The number of nitrogens with zero attached hydrogens (tertiary/aromatic N) is 1. The van der Waals surface area contributed by atoms with Crippen LogP contribution in [0.5, 0.6) is 11.5 Å². The Morgan fingerprint density at radius 2 is 2.00 bits per heavy atom. The number of aromatic carboxylic acids is 1. The van der Waals surface area contributed by atoms with E-state index in [9.17, 15) is 15.0 Å². The van der Waals surface area contributed by atoms with Crippen molar-refractivity contribution in [1.82, 2.24) is 10.2 Å². The number of carbonyl (C=O) groups is 1. The Bertz CT molecular complexity index is 594. The highest BCUT2D eigenvalue weighted by molar-refractivity contribution is 9.10. The Kier molecular flexibility index (Phi) is 2.76.